The van der Waals surface area contributed by atoms with E-state index in [1.54, 1.807) is 0 Å². The molecule has 8 heteroatoms. The van der Waals surface area contributed by atoms with E-state index in [-0.39, 0.29) is 27.1 Å². The van der Waals surface area contributed by atoms with E-state index in [1.807, 2.05) is 13.8 Å². The van der Waals surface area contributed by atoms with Gasteiger partial charge in [-0.25, -0.2) is 12.8 Å². The Kier molecular flexibility index (Phi) is 6.61. The minimum atomic E-state index is -4.03. The van der Waals surface area contributed by atoms with E-state index < -0.39 is 15.8 Å². The summed E-state index contributed by atoms with van der Waals surface area (Å²) >= 11 is 6.01. The largest absolute Gasteiger partial charge is 0.352 e. The van der Waals surface area contributed by atoms with Crippen LogP contribution in [-0.4, -0.2) is 20.9 Å². The lowest BCUT2D eigenvalue weighted by Crippen LogP contribution is -2.25. The van der Waals surface area contributed by atoms with Gasteiger partial charge in [0.05, 0.1) is 5.02 Å². The van der Waals surface area contributed by atoms with Gasteiger partial charge in [0.2, 0.25) is 0 Å². The number of sulfonamides is 1. The molecule has 0 fully saturated rings. The van der Waals surface area contributed by atoms with Crippen molar-refractivity contribution in [1.29, 1.82) is 0 Å². The molecule has 26 heavy (non-hydrogen) atoms. The van der Waals surface area contributed by atoms with Crippen LogP contribution >= 0.6 is 11.6 Å². The van der Waals surface area contributed by atoms with Gasteiger partial charge in [-0.3, -0.25) is 9.52 Å². The normalized spacial score (nSPS) is 11.4. The summed E-state index contributed by atoms with van der Waals surface area (Å²) in [4.78, 5) is 12.0. The molecule has 0 aliphatic heterocycles. The van der Waals surface area contributed by atoms with E-state index >= 15 is 0 Å². The third-order valence-electron chi connectivity index (χ3n) is 3.59. The molecule has 0 unspecified atom stereocenters. The minimum Gasteiger partial charge on any atom is -0.352 e. The van der Waals surface area contributed by atoms with Crippen LogP contribution in [0.1, 0.15) is 30.6 Å². The van der Waals surface area contributed by atoms with Crippen LogP contribution < -0.4 is 10.0 Å². The summed E-state index contributed by atoms with van der Waals surface area (Å²) in [7, 11) is -4.03. The number of hydrogen-bond donors (Lipinski definition) is 2. The number of hydrogen-bond acceptors (Lipinski definition) is 3. The Labute approximate surface area is 157 Å². The highest BCUT2D eigenvalue weighted by atomic mass is 35.5. The van der Waals surface area contributed by atoms with Crippen molar-refractivity contribution < 1.29 is 17.6 Å². The molecule has 0 spiro atoms. The number of anilines is 1. The predicted octanol–water partition coefficient (Wildman–Crippen LogP) is 4.06. The maximum absolute atomic E-state index is 13.0. The van der Waals surface area contributed by atoms with Crippen LogP contribution in [0.15, 0.2) is 47.4 Å². The fraction of sp³-hybridized carbons (Fsp3) is 0.278. The second-order valence-corrected chi connectivity index (χ2v) is 8.25. The number of halogens is 2. The summed E-state index contributed by atoms with van der Waals surface area (Å²) in [6.07, 6.45) is 0.816. The molecule has 2 N–H and O–H groups in total. The fourth-order valence-corrected chi connectivity index (χ4v) is 3.74. The SMILES string of the molecule is CC(C)CCNC(=O)c1ccc(Cl)c(S(=O)(=O)Nc2ccc(F)cc2)c1. The molecule has 0 atom stereocenters. The Morgan fingerprint density at radius 3 is 2.42 bits per heavy atom. The van der Waals surface area contributed by atoms with Crippen molar-refractivity contribution in [2.24, 2.45) is 5.92 Å². The number of carbonyl (C=O) groups is 1. The number of nitrogens with one attached hydrogen (secondary N) is 2. The molecule has 0 aliphatic carbocycles. The second-order valence-electron chi connectivity index (χ2n) is 6.20. The van der Waals surface area contributed by atoms with Crippen molar-refractivity contribution in [2.75, 3.05) is 11.3 Å². The molecule has 0 aliphatic rings. The molecule has 5 nitrogen and oxygen atoms in total. The predicted molar refractivity (Wildman–Crippen MR) is 100 cm³/mol. The van der Waals surface area contributed by atoms with E-state index in [1.165, 1.54) is 30.3 Å². The molecule has 2 aromatic rings. The van der Waals surface area contributed by atoms with Gasteiger partial charge in [0, 0.05) is 17.8 Å². The van der Waals surface area contributed by atoms with Crippen molar-refractivity contribution in [1.82, 2.24) is 5.32 Å². The number of amides is 1. The molecular weight excluding hydrogens is 379 g/mol. The van der Waals surface area contributed by atoms with E-state index in [2.05, 4.69) is 10.0 Å². The van der Waals surface area contributed by atoms with Gasteiger partial charge >= 0.3 is 0 Å². The molecule has 0 saturated heterocycles. The molecule has 0 heterocycles. The summed E-state index contributed by atoms with van der Waals surface area (Å²) in [5, 5.41) is 2.73. The molecule has 0 bridgehead atoms. The second kappa shape index (κ2) is 8.51. The minimum absolute atomic E-state index is 0.0154. The van der Waals surface area contributed by atoms with Gasteiger partial charge in [0.25, 0.3) is 15.9 Å². The topological polar surface area (TPSA) is 75.3 Å². The first-order valence-electron chi connectivity index (χ1n) is 8.05. The monoisotopic (exact) mass is 398 g/mol. The van der Waals surface area contributed by atoms with Gasteiger partial charge in [0.15, 0.2) is 0 Å². The molecule has 0 radical (unpaired) electrons. The highest BCUT2D eigenvalue weighted by Gasteiger charge is 2.20. The van der Waals surface area contributed by atoms with Gasteiger partial charge in [-0.1, -0.05) is 25.4 Å². The molecule has 2 rings (SSSR count). The third kappa shape index (κ3) is 5.44. The van der Waals surface area contributed by atoms with Crippen molar-refractivity contribution in [3.63, 3.8) is 0 Å². The van der Waals surface area contributed by atoms with Crippen molar-refractivity contribution in [3.05, 3.63) is 58.9 Å². The molecule has 0 aromatic heterocycles. The van der Waals surface area contributed by atoms with Crippen molar-refractivity contribution in [2.45, 2.75) is 25.2 Å². The summed E-state index contributed by atoms with van der Waals surface area (Å²) in [5.74, 6) is -0.414. The highest BCUT2D eigenvalue weighted by molar-refractivity contribution is 7.92. The summed E-state index contributed by atoms with van der Waals surface area (Å²) in [6, 6.07) is 8.91. The van der Waals surface area contributed by atoms with Crippen LogP contribution in [0.4, 0.5) is 10.1 Å². The molecule has 1 amide bonds. The Morgan fingerprint density at radius 1 is 1.15 bits per heavy atom. The van der Waals surface area contributed by atoms with Gasteiger partial charge in [-0.05, 0) is 54.8 Å². The Bertz CT molecular complexity index is 884. The van der Waals surface area contributed by atoms with Crippen molar-refractivity contribution in [3.8, 4) is 0 Å². The van der Waals surface area contributed by atoms with Crippen LogP contribution in [0.25, 0.3) is 0 Å². The van der Waals surface area contributed by atoms with Crippen LogP contribution in [0.2, 0.25) is 5.02 Å². The van der Waals surface area contributed by atoms with E-state index in [0.29, 0.717) is 12.5 Å². The summed E-state index contributed by atoms with van der Waals surface area (Å²) in [6.45, 7) is 4.58. The van der Waals surface area contributed by atoms with Gasteiger partial charge < -0.3 is 5.32 Å². The molecule has 0 saturated carbocycles. The Hall–Kier alpha value is -2.12. The molecule has 140 valence electrons. The van der Waals surface area contributed by atoms with Crippen molar-refractivity contribution >= 4 is 33.2 Å². The van der Waals surface area contributed by atoms with Crippen LogP contribution in [0.5, 0.6) is 0 Å². The van der Waals surface area contributed by atoms with E-state index in [9.17, 15) is 17.6 Å². The lowest BCUT2D eigenvalue weighted by molar-refractivity contribution is 0.0952. The lowest BCUT2D eigenvalue weighted by atomic mass is 10.1. The Balaban J connectivity index is 2.22. The summed E-state index contributed by atoms with van der Waals surface area (Å²) in [5.41, 5.74) is 0.381. The number of benzene rings is 2. The zero-order chi connectivity index (χ0) is 19.3. The van der Waals surface area contributed by atoms with Crippen LogP contribution in [0.3, 0.4) is 0 Å². The number of carbonyl (C=O) groups excluding carboxylic acids is 1. The average molecular weight is 399 g/mol. The van der Waals surface area contributed by atoms with E-state index in [4.69, 9.17) is 11.6 Å². The van der Waals surface area contributed by atoms with Crippen LogP contribution in [0, 0.1) is 11.7 Å². The first-order valence-corrected chi connectivity index (χ1v) is 9.91. The maximum Gasteiger partial charge on any atom is 0.263 e. The smallest absolute Gasteiger partial charge is 0.263 e. The highest BCUT2D eigenvalue weighted by Crippen LogP contribution is 2.25. The summed E-state index contributed by atoms with van der Waals surface area (Å²) < 4.78 is 40.4. The van der Waals surface area contributed by atoms with E-state index in [0.717, 1.165) is 18.6 Å². The first-order chi connectivity index (χ1) is 12.2. The zero-order valence-corrected chi connectivity index (χ0v) is 16.0. The fourth-order valence-electron chi connectivity index (χ4n) is 2.16. The molecular formula is C18H20ClFN2O3S. The lowest BCUT2D eigenvalue weighted by Gasteiger charge is -2.12. The zero-order valence-electron chi connectivity index (χ0n) is 14.4. The number of rotatable bonds is 7. The van der Waals surface area contributed by atoms with Gasteiger partial charge in [-0.15, -0.1) is 0 Å². The Morgan fingerprint density at radius 2 is 1.81 bits per heavy atom. The average Bonchev–Trinajstić information content (AvgIpc) is 2.56. The molecule has 2 aromatic carbocycles. The van der Waals surface area contributed by atoms with Crippen LogP contribution in [-0.2, 0) is 10.0 Å². The third-order valence-corrected chi connectivity index (χ3v) is 5.45. The quantitative estimate of drug-likeness (QED) is 0.738. The standard InChI is InChI=1S/C18H20ClFN2O3S/c1-12(2)9-10-21-18(23)13-3-8-16(19)17(11-13)26(24,25)22-15-6-4-14(20)5-7-15/h3-8,11-12,22H,9-10H2,1-2H3,(H,21,23). The first kappa shape index (κ1) is 20.2. The van der Waals surface area contributed by atoms with Gasteiger partial charge in [-0.2, -0.15) is 0 Å². The van der Waals surface area contributed by atoms with Gasteiger partial charge in [0.1, 0.15) is 10.7 Å². The maximum atomic E-state index is 13.0.